The van der Waals surface area contributed by atoms with Crippen LogP contribution in [0.4, 0.5) is 5.69 Å². The molecule has 1 atom stereocenters. The summed E-state index contributed by atoms with van der Waals surface area (Å²) in [7, 11) is 3.44. The minimum atomic E-state index is -0.194. The lowest BCUT2D eigenvalue weighted by Crippen LogP contribution is -2.37. The van der Waals surface area contributed by atoms with E-state index < -0.39 is 0 Å². The van der Waals surface area contributed by atoms with E-state index >= 15 is 0 Å². The minimum Gasteiger partial charge on any atom is -0.355 e. The highest BCUT2D eigenvalue weighted by Gasteiger charge is 2.10. The topological polar surface area (TPSA) is 96.9 Å². The molecule has 0 aromatic carbocycles. The SMILES string of the molecule is C=CNN(C)C(C)N=C(N=C(C)/C=C\C)Nc1c[nH]c(C(=O)NC)c1. The van der Waals surface area contributed by atoms with Crippen molar-refractivity contribution in [1.82, 2.24) is 20.7 Å². The standard InChI is InChI=1S/C17H27N7O/c1-7-9-12(3)21-17(22-13(4)24(6)20-8-2)23-14-10-15(19-11-14)16(25)18-5/h7-11,13,19-20H,2H2,1,3-6H3,(H,18,25)(H,22,23)/b9-7-,21-12?. The number of rotatable bonds is 7. The smallest absolute Gasteiger partial charge is 0.267 e. The second kappa shape index (κ2) is 10.1. The van der Waals surface area contributed by atoms with Gasteiger partial charge in [0, 0.05) is 32.2 Å². The van der Waals surface area contributed by atoms with Crippen molar-refractivity contribution < 1.29 is 4.79 Å². The Kier molecular flexibility index (Phi) is 8.14. The first-order valence-electron chi connectivity index (χ1n) is 7.94. The van der Waals surface area contributed by atoms with Gasteiger partial charge in [-0.25, -0.2) is 15.0 Å². The molecule has 25 heavy (non-hydrogen) atoms. The van der Waals surface area contributed by atoms with Gasteiger partial charge in [0.05, 0.1) is 5.69 Å². The molecular weight excluding hydrogens is 318 g/mol. The van der Waals surface area contributed by atoms with Crippen LogP contribution in [0.1, 0.15) is 31.3 Å². The number of amides is 1. The number of carbonyl (C=O) groups is 1. The van der Waals surface area contributed by atoms with Crippen LogP contribution >= 0.6 is 0 Å². The molecule has 0 aliphatic carbocycles. The minimum absolute atomic E-state index is 0.191. The van der Waals surface area contributed by atoms with Gasteiger partial charge in [-0.1, -0.05) is 12.7 Å². The molecule has 4 N–H and O–H groups in total. The lowest BCUT2D eigenvalue weighted by Gasteiger charge is -2.21. The zero-order chi connectivity index (χ0) is 18.8. The van der Waals surface area contributed by atoms with E-state index in [4.69, 9.17) is 0 Å². The van der Waals surface area contributed by atoms with E-state index in [1.807, 2.05) is 40.0 Å². The zero-order valence-corrected chi connectivity index (χ0v) is 15.4. The number of aromatic nitrogens is 1. The molecule has 8 nitrogen and oxygen atoms in total. The van der Waals surface area contributed by atoms with E-state index in [-0.39, 0.29) is 12.1 Å². The fraction of sp³-hybridized carbons (Fsp3) is 0.353. The van der Waals surface area contributed by atoms with Gasteiger partial charge in [-0.3, -0.25) is 4.79 Å². The van der Waals surface area contributed by atoms with E-state index in [0.717, 1.165) is 5.71 Å². The molecule has 1 rings (SSSR count). The lowest BCUT2D eigenvalue weighted by molar-refractivity contribution is 0.0959. The Morgan fingerprint density at radius 1 is 1.48 bits per heavy atom. The number of anilines is 1. The third kappa shape index (κ3) is 6.64. The third-order valence-electron chi connectivity index (χ3n) is 3.27. The van der Waals surface area contributed by atoms with Gasteiger partial charge in [-0.2, -0.15) is 0 Å². The number of nitrogens with one attached hydrogen (secondary N) is 4. The van der Waals surface area contributed by atoms with Gasteiger partial charge in [0.15, 0.2) is 0 Å². The first kappa shape index (κ1) is 20.2. The first-order chi connectivity index (χ1) is 11.9. The number of hydrogen-bond donors (Lipinski definition) is 4. The molecule has 0 saturated heterocycles. The van der Waals surface area contributed by atoms with Crippen LogP contribution in [0.15, 0.2) is 47.2 Å². The maximum Gasteiger partial charge on any atom is 0.267 e. The van der Waals surface area contributed by atoms with Gasteiger partial charge in [0.2, 0.25) is 5.96 Å². The van der Waals surface area contributed by atoms with E-state index in [2.05, 4.69) is 37.6 Å². The highest BCUT2D eigenvalue weighted by atomic mass is 16.1. The second-order valence-electron chi connectivity index (χ2n) is 5.29. The van der Waals surface area contributed by atoms with Crippen molar-refractivity contribution in [3.63, 3.8) is 0 Å². The number of allylic oxidation sites excluding steroid dienone is 2. The maximum atomic E-state index is 11.7. The van der Waals surface area contributed by atoms with Crippen molar-refractivity contribution in [3.8, 4) is 0 Å². The van der Waals surface area contributed by atoms with E-state index in [1.54, 1.807) is 30.5 Å². The predicted molar refractivity (Wildman–Crippen MR) is 104 cm³/mol. The molecule has 1 unspecified atom stereocenters. The average molecular weight is 345 g/mol. The van der Waals surface area contributed by atoms with Crippen LogP contribution < -0.4 is 16.1 Å². The number of hydrogen-bond acceptors (Lipinski definition) is 4. The summed E-state index contributed by atoms with van der Waals surface area (Å²) in [6.07, 6.45) is 6.87. The van der Waals surface area contributed by atoms with Crippen molar-refractivity contribution in [2.75, 3.05) is 19.4 Å². The molecule has 0 aliphatic heterocycles. The molecule has 0 aliphatic rings. The number of H-pyrrole nitrogens is 1. The highest BCUT2D eigenvalue weighted by Crippen LogP contribution is 2.10. The summed E-state index contributed by atoms with van der Waals surface area (Å²) in [5.41, 5.74) is 4.92. The maximum absolute atomic E-state index is 11.7. The van der Waals surface area contributed by atoms with Crippen molar-refractivity contribution in [3.05, 3.63) is 42.9 Å². The summed E-state index contributed by atoms with van der Waals surface area (Å²) < 4.78 is 0. The Morgan fingerprint density at radius 3 is 2.80 bits per heavy atom. The molecule has 1 heterocycles. The third-order valence-corrected chi connectivity index (χ3v) is 3.27. The van der Waals surface area contributed by atoms with Gasteiger partial charge >= 0.3 is 0 Å². The first-order valence-corrected chi connectivity index (χ1v) is 7.94. The number of nitrogens with zero attached hydrogens (tertiary/aromatic N) is 3. The molecule has 1 aromatic heterocycles. The molecule has 0 bridgehead atoms. The number of guanidine groups is 1. The molecule has 0 radical (unpaired) electrons. The monoisotopic (exact) mass is 345 g/mol. The normalized spacial score (nSPS) is 13.8. The number of carbonyl (C=O) groups excluding carboxylic acids is 1. The van der Waals surface area contributed by atoms with E-state index in [9.17, 15) is 4.79 Å². The van der Waals surface area contributed by atoms with Crippen LogP contribution in [0.3, 0.4) is 0 Å². The second-order valence-corrected chi connectivity index (χ2v) is 5.29. The van der Waals surface area contributed by atoms with Crippen molar-refractivity contribution in [2.45, 2.75) is 26.9 Å². The fourth-order valence-electron chi connectivity index (χ4n) is 1.91. The Hall–Kier alpha value is -2.87. The predicted octanol–water partition coefficient (Wildman–Crippen LogP) is 2.11. The molecule has 8 heteroatoms. The quantitative estimate of drug-likeness (QED) is 0.346. The van der Waals surface area contributed by atoms with Crippen LogP contribution in [0, 0.1) is 0 Å². The zero-order valence-electron chi connectivity index (χ0n) is 15.4. The van der Waals surface area contributed by atoms with Gasteiger partial charge < -0.3 is 21.0 Å². The number of aromatic amines is 1. The molecule has 0 fully saturated rings. The summed E-state index contributed by atoms with van der Waals surface area (Å²) >= 11 is 0. The van der Waals surface area contributed by atoms with Crippen LogP contribution in [-0.4, -0.2) is 47.8 Å². The Morgan fingerprint density at radius 2 is 2.20 bits per heavy atom. The van der Waals surface area contributed by atoms with Gasteiger partial charge in [-0.05, 0) is 32.9 Å². The number of hydrazine groups is 1. The molecule has 1 aromatic rings. The molecule has 1 amide bonds. The largest absolute Gasteiger partial charge is 0.355 e. The number of aliphatic imine (C=N–C) groups is 2. The summed E-state index contributed by atoms with van der Waals surface area (Å²) in [6.45, 7) is 9.37. The van der Waals surface area contributed by atoms with Crippen LogP contribution in [0.2, 0.25) is 0 Å². The van der Waals surface area contributed by atoms with E-state index in [0.29, 0.717) is 17.3 Å². The summed E-state index contributed by atoms with van der Waals surface area (Å²) in [5, 5.41) is 7.50. The fourth-order valence-corrected chi connectivity index (χ4v) is 1.91. The Labute approximate surface area is 148 Å². The van der Waals surface area contributed by atoms with E-state index in [1.165, 1.54) is 0 Å². The Balaban J connectivity index is 3.06. The summed E-state index contributed by atoms with van der Waals surface area (Å²) in [4.78, 5) is 23.6. The Bertz CT molecular complexity index is 672. The average Bonchev–Trinajstić information content (AvgIpc) is 3.02. The van der Waals surface area contributed by atoms with Gasteiger partial charge in [-0.15, -0.1) is 0 Å². The summed E-state index contributed by atoms with van der Waals surface area (Å²) in [6, 6.07) is 1.70. The van der Waals surface area contributed by atoms with Gasteiger partial charge in [0.1, 0.15) is 11.9 Å². The molecule has 136 valence electrons. The van der Waals surface area contributed by atoms with Crippen LogP contribution in [-0.2, 0) is 0 Å². The molecule has 0 saturated carbocycles. The molecule has 0 spiro atoms. The van der Waals surface area contributed by atoms with Crippen molar-refractivity contribution >= 4 is 23.3 Å². The van der Waals surface area contributed by atoms with Crippen molar-refractivity contribution in [1.29, 1.82) is 0 Å². The highest BCUT2D eigenvalue weighted by molar-refractivity contribution is 6.06. The van der Waals surface area contributed by atoms with Crippen LogP contribution in [0.25, 0.3) is 0 Å². The van der Waals surface area contributed by atoms with Gasteiger partial charge in [0.25, 0.3) is 5.91 Å². The van der Waals surface area contributed by atoms with Crippen LogP contribution in [0.5, 0.6) is 0 Å². The lowest BCUT2D eigenvalue weighted by atomic mass is 10.4. The molecular formula is C17H27N7O. The summed E-state index contributed by atoms with van der Waals surface area (Å²) in [5.74, 6) is 0.242. The van der Waals surface area contributed by atoms with Crippen molar-refractivity contribution in [2.24, 2.45) is 9.98 Å².